The summed E-state index contributed by atoms with van der Waals surface area (Å²) in [4.78, 5) is 5.93. The largest absolute Gasteiger partial charge is 0.329 e. The Kier molecular flexibility index (Phi) is 4.11. The van der Waals surface area contributed by atoms with Crippen LogP contribution in [-0.2, 0) is 5.41 Å². The smallest absolute Gasteiger partial charge is 0.102 e. The Hall–Kier alpha value is -0.420. The molecule has 1 unspecified atom stereocenters. The van der Waals surface area contributed by atoms with E-state index in [1.165, 1.54) is 4.88 Å². The number of rotatable bonds is 3. The topological polar surface area (TPSA) is 38.9 Å². The van der Waals surface area contributed by atoms with Crippen molar-refractivity contribution in [1.29, 1.82) is 0 Å². The Morgan fingerprint density at radius 2 is 2.11 bits per heavy atom. The molecular formula is C13H17ClN2S2. The van der Waals surface area contributed by atoms with Crippen LogP contribution in [0.3, 0.4) is 0 Å². The summed E-state index contributed by atoms with van der Waals surface area (Å²) in [6.07, 6.45) is 0. The molecule has 2 aromatic heterocycles. The van der Waals surface area contributed by atoms with Gasteiger partial charge in [0, 0.05) is 22.2 Å². The van der Waals surface area contributed by atoms with Crippen molar-refractivity contribution in [2.45, 2.75) is 32.1 Å². The highest BCUT2D eigenvalue weighted by molar-refractivity contribution is 7.16. The minimum Gasteiger partial charge on any atom is -0.329 e. The van der Waals surface area contributed by atoms with Crippen LogP contribution in [-0.4, -0.2) is 11.5 Å². The number of thiophene rings is 1. The lowest BCUT2D eigenvalue weighted by Crippen LogP contribution is -2.15. The summed E-state index contributed by atoms with van der Waals surface area (Å²) in [5.41, 5.74) is 7.11. The third-order valence-electron chi connectivity index (χ3n) is 2.76. The maximum atomic E-state index is 5.99. The molecule has 0 saturated carbocycles. The first-order chi connectivity index (χ1) is 8.41. The van der Waals surface area contributed by atoms with Crippen molar-refractivity contribution in [3.63, 3.8) is 0 Å². The highest BCUT2D eigenvalue weighted by Crippen LogP contribution is 2.35. The molecule has 2 rings (SSSR count). The second kappa shape index (κ2) is 5.29. The molecule has 2 nitrogen and oxygen atoms in total. The van der Waals surface area contributed by atoms with Crippen LogP contribution < -0.4 is 5.73 Å². The van der Waals surface area contributed by atoms with Gasteiger partial charge in [0.15, 0.2) is 0 Å². The molecule has 0 spiro atoms. The molecule has 5 heteroatoms. The second-order valence-electron chi connectivity index (χ2n) is 5.25. The van der Waals surface area contributed by atoms with Crippen molar-refractivity contribution in [3.8, 4) is 0 Å². The number of halogens is 1. The summed E-state index contributed by atoms with van der Waals surface area (Å²) in [6, 6.07) is 3.96. The lowest BCUT2D eigenvalue weighted by Gasteiger charge is -2.15. The highest BCUT2D eigenvalue weighted by Gasteiger charge is 2.22. The van der Waals surface area contributed by atoms with Crippen LogP contribution in [0.4, 0.5) is 0 Å². The molecule has 0 aliphatic heterocycles. The summed E-state index contributed by atoms with van der Waals surface area (Å²) in [5.74, 6) is 0.170. The fraction of sp³-hybridized carbons (Fsp3) is 0.462. The molecule has 0 aliphatic rings. The van der Waals surface area contributed by atoms with Gasteiger partial charge in [-0.25, -0.2) is 4.98 Å². The van der Waals surface area contributed by atoms with Crippen molar-refractivity contribution in [3.05, 3.63) is 37.4 Å². The lowest BCUT2D eigenvalue weighted by molar-refractivity contribution is 0.569. The molecule has 98 valence electrons. The molecule has 0 bridgehead atoms. The molecule has 1 atom stereocenters. The maximum absolute atomic E-state index is 5.99. The van der Waals surface area contributed by atoms with Crippen LogP contribution in [0.1, 0.15) is 42.3 Å². The van der Waals surface area contributed by atoms with Crippen LogP contribution in [0.2, 0.25) is 4.34 Å². The van der Waals surface area contributed by atoms with Crippen molar-refractivity contribution in [1.82, 2.24) is 4.98 Å². The van der Waals surface area contributed by atoms with Crippen LogP contribution in [0.5, 0.6) is 0 Å². The fourth-order valence-electron chi connectivity index (χ4n) is 1.65. The predicted octanol–water partition coefficient (Wildman–Crippen LogP) is 4.25. The average Bonchev–Trinajstić information content (AvgIpc) is 2.88. The summed E-state index contributed by atoms with van der Waals surface area (Å²) in [7, 11) is 0. The zero-order valence-corrected chi connectivity index (χ0v) is 13.1. The molecule has 0 saturated heterocycles. The Balaban J connectivity index is 2.31. The van der Waals surface area contributed by atoms with Gasteiger partial charge in [-0.1, -0.05) is 32.4 Å². The van der Waals surface area contributed by atoms with Crippen LogP contribution in [0.15, 0.2) is 17.5 Å². The van der Waals surface area contributed by atoms with E-state index in [2.05, 4.69) is 26.2 Å². The number of hydrogen-bond acceptors (Lipinski definition) is 4. The van der Waals surface area contributed by atoms with E-state index < -0.39 is 0 Å². The number of nitrogens with zero attached hydrogens (tertiary/aromatic N) is 1. The molecule has 2 heterocycles. The van der Waals surface area contributed by atoms with Gasteiger partial charge in [0.2, 0.25) is 0 Å². The molecule has 2 aromatic rings. The van der Waals surface area contributed by atoms with Gasteiger partial charge < -0.3 is 5.73 Å². The standard InChI is InChI=1S/C13H17ClN2S2/c1-13(2,3)10-7-17-12(16-10)8(6-15)9-4-5-11(14)18-9/h4-5,7-8H,6,15H2,1-3H3. The quantitative estimate of drug-likeness (QED) is 0.920. The predicted molar refractivity (Wildman–Crippen MR) is 81.0 cm³/mol. The third-order valence-corrected chi connectivity index (χ3v) is 5.06. The summed E-state index contributed by atoms with van der Waals surface area (Å²) < 4.78 is 0.802. The van der Waals surface area contributed by atoms with Crippen molar-refractivity contribution >= 4 is 34.3 Å². The van der Waals surface area contributed by atoms with Crippen molar-refractivity contribution in [2.24, 2.45) is 5.73 Å². The van der Waals surface area contributed by atoms with Crippen molar-refractivity contribution in [2.75, 3.05) is 6.54 Å². The lowest BCUT2D eigenvalue weighted by atomic mass is 9.93. The summed E-state index contributed by atoms with van der Waals surface area (Å²) in [6.45, 7) is 7.08. The molecule has 0 amide bonds. The normalized spacial score (nSPS) is 13.8. The molecule has 18 heavy (non-hydrogen) atoms. The van der Waals surface area contributed by atoms with E-state index in [0.29, 0.717) is 6.54 Å². The number of nitrogens with two attached hydrogens (primary N) is 1. The van der Waals surface area contributed by atoms with Gasteiger partial charge in [-0.05, 0) is 12.1 Å². The van der Waals surface area contributed by atoms with Gasteiger partial charge >= 0.3 is 0 Å². The minimum atomic E-state index is 0.0843. The van der Waals surface area contributed by atoms with E-state index in [4.69, 9.17) is 22.3 Å². The fourth-order valence-corrected chi connectivity index (χ4v) is 4.08. The van der Waals surface area contributed by atoms with Gasteiger partial charge in [-0.15, -0.1) is 22.7 Å². The summed E-state index contributed by atoms with van der Waals surface area (Å²) >= 11 is 9.26. The average molecular weight is 301 g/mol. The first-order valence-corrected chi connectivity index (χ1v) is 7.90. The van der Waals surface area contributed by atoms with Crippen LogP contribution in [0.25, 0.3) is 0 Å². The maximum Gasteiger partial charge on any atom is 0.102 e. The summed E-state index contributed by atoms with van der Waals surface area (Å²) in [5, 5.41) is 3.22. The van der Waals surface area contributed by atoms with Gasteiger partial charge in [0.1, 0.15) is 5.01 Å². The van der Waals surface area contributed by atoms with E-state index >= 15 is 0 Å². The molecule has 0 aromatic carbocycles. The highest BCUT2D eigenvalue weighted by atomic mass is 35.5. The Morgan fingerprint density at radius 3 is 2.56 bits per heavy atom. The van der Waals surface area contributed by atoms with Crippen LogP contribution in [0, 0.1) is 0 Å². The van der Waals surface area contributed by atoms with E-state index in [1.807, 2.05) is 12.1 Å². The number of hydrogen-bond donors (Lipinski definition) is 1. The Bertz CT molecular complexity index is 525. The Morgan fingerprint density at radius 1 is 1.39 bits per heavy atom. The zero-order chi connectivity index (χ0) is 13.3. The van der Waals surface area contributed by atoms with Gasteiger partial charge in [-0.2, -0.15) is 0 Å². The molecule has 0 radical (unpaired) electrons. The molecule has 0 aliphatic carbocycles. The second-order valence-corrected chi connectivity index (χ2v) is 7.89. The molecule has 0 fully saturated rings. The number of thiazole rings is 1. The zero-order valence-electron chi connectivity index (χ0n) is 10.7. The van der Waals surface area contributed by atoms with E-state index in [9.17, 15) is 0 Å². The SMILES string of the molecule is CC(C)(C)c1csc(C(CN)c2ccc(Cl)s2)n1. The van der Waals surface area contributed by atoms with E-state index in [0.717, 1.165) is 15.0 Å². The third kappa shape index (κ3) is 2.94. The molecule has 2 N–H and O–H groups in total. The van der Waals surface area contributed by atoms with E-state index in [-0.39, 0.29) is 11.3 Å². The first kappa shape index (κ1) is 14.0. The van der Waals surface area contributed by atoms with Gasteiger partial charge in [-0.3, -0.25) is 0 Å². The van der Waals surface area contributed by atoms with Crippen molar-refractivity contribution < 1.29 is 0 Å². The first-order valence-electron chi connectivity index (χ1n) is 5.83. The number of aromatic nitrogens is 1. The monoisotopic (exact) mass is 300 g/mol. The van der Waals surface area contributed by atoms with Gasteiger partial charge in [0.25, 0.3) is 0 Å². The molecular weight excluding hydrogens is 284 g/mol. The van der Waals surface area contributed by atoms with Gasteiger partial charge in [0.05, 0.1) is 15.9 Å². The minimum absolute atomic E-state index is 0.0843. The Labute approximate surface area is 121 Å². The van der Waals surface area contributed by atoms with E-state index in [1.54, 1.807) is 22.7 Å². The van der Waals surface area contributed by atoms with Crippen LogP contribution >= 0.6 is 34.3 Å².